The van der Waals surface area contributed by atoms with Crippen molar-refractivity contribution < 1.29 is 13.2 Å². The van der Waals surface area contributed by atoms with Crippen molar-refractivity contribution in [3.8, 4) is 6.07 Å². The zero-order valence-electron chi connectivity index (χ0n) is 14.2. The molecule has 2 rings (SSSR count). The van der Waals surface area contributed by atoms with Gasteiger partial charge in [0.1, 0.15) is 11.6 Å². The lowest BCUT2D eigenvalue weighted by molar-refractivity contribution is -0.112. The Morgan fingerprint density at radius 1 is 1.31 bits per heavy atom. The lowest BCUT2D eigenvalue weighted by Gasteiger charge is -2.26. The number of carbonyl (C=O) groups is 1. The van der Waals surface area contributed by atoms with E-state index in [0.717, 1.165) is 32.7 Å². The van der Waals surface area contributed by atoms with Crippen LogP contribution in [0.1, 0.15) is 0 Å². The van der Waals surface area contributed by atoms with Gasteiger partial charge in [-0.2, -0.15) is 5.26 Å². The molecule has 1 saturated heterocycles. The molecule has 0 unspecified atom stereocenters. The number of sulfonamides is 1. The van der Waals surface area contributed by atoms with Gasteiger partial charge in [0.2, 0.25) is 10.0 Å². The maximum atomic E-state index is 12.1. The zero-order valence-corrected chi connectivity index (χ0v) is 15.1. The van der Waals surface area contributed by atoms with Gasteiger partial charge < -0.3 is 16.0 Å². The van der Waals surface area contributed by atoms with Crippen molar-refractivity contribution >= 4 is 21.6 Å². The molecule has 0 aromatic heterocycles. The van der Waals surface area contributed by atoms with Gasteiger partial charge in [0.25, 0.3) is 5.91 Å². The SMILES string of the molecule is N#C/C(=C/NCCN1CCNCC1)C(=O)Nc1ccc(S(N)(=O)=O)cc1. The Morgan fingerprint density at radius 2 is 1.96 bits per heavy atom. The highest BCUT2D eigenvalue weighted by Gasteiger charge is 2.12. The summed E-state index contributed by atoms with van der Waals surface area (Å²) in [5.41, 5.74) is 0.296. The van der Waals surface area contributed by atoms with Crippen LogP contribution in [-0.4, -0.2) is 58.5 Å². The van der Waals surface area contributed by atoms with E-state index >= 15 is 0 Å². The van der Waals surface area contributed by atoms with Crippen molar-refractivity contribution in [1.29, 1.82) is 5.26 Å². The molecular weight excluding hydrogens is 356 g/mol. The lowest BCUT2D eigenvalue weighted by atomic mass is 10.2. The van der Waals surface area contributed by atoms with Gasteiger partial charge in [0.15, 0.2) is 0 Å². The first-order valence-electron chi connectivity index (χ1n) is 8.11. The van der Waals surface area contributed by atoms with Gasteiger partial charge in [-0.25, -0.2) is 13.6 Å². The minimum atomic E-state index is -3.79. The van der Waals surface area contributed by atoms with Crippen LogP contribution >= 0.6 is 0 Å². The van der Waals surface area contributed by atoms with Crippen LogP contribution in [0.15, 0.2) is 40.9 Å². The lowest BCUT2D eigenvalue weighted by Crippen LogP contribution is -2.45. The molecule has 1 fully saturated rings. The molecule has 1 heterocycles. The van der Waals surface area contributed by atoms with Crippen molar-refractivity contribution in [2.24, 2.45) is 5.14 Å². The van der Waals surface area contributed by atoms with Crippen molar-refractivity contribution in [3.63, 3.8) is 0 Å². The van der Waals surface area contributed by atoms with Gasteiger partial charge >= 0.3 is 0 Å². The van der Waals surface area contributed by atoms with Gasteiger partial charge in [-0.3, -0.25) is 9.69 Å². The summed E-state index contributed by atoms with van der Waals surface area (Å²) < 4.78 is 22.4. The number of carbonyl (C=O) groups excluding carboxylic acids is 1. The van der Waals surface area contributed by atoms with Gasteiger partial charge in [0, 0.05) is 51.2 Å². The number of hydrogen-bond acceptors (Lipinski definition) is 7. The fraction of sp³-hybridized carbons (Fsp3) is 0.375. The molecule has 1 aliphatic rings. The van der Waals surface area contributed by atoms with Crippen LogP contribution in [0.5, 0.6) is 0 Å². The van der Waals surface area contributed by atoms with E-state index in [4.69, 9.17) is 10.4 Å². The molecule has 0 bridgehead atoms. The van der Waals surface area contributed by atoms with E-state index in [1.165, 1.54) is 30.5 Å². The maximum Gasteiger partial charge on any atom is 0.267 e. The highest BCUT2D eigenvalue weighted by atomic mass is 32.2. The normalized spacial score (nSPS) is 15.9. The number of nitrogens with zero attached hydrogens (tertiary/aromatic N) is 2. The Morgan fingerprint density at radius 3 is 2.54 bits per heavy atom. The number of piperazine rings is 1. The van der Waals surface area contributed by atoms with Gasteiger partial charge in [-0.05, 0) is 24.3 Å². The smallest absolute Gasteiger partial charge is 0.267 e. The Kier molecular flexibility index (Phi) is 7.11. The molecule has 140 valence electrons. The molecule has 26 heavy (non-hydrogen) atoms. The summed E-state index contributed by atoms with van der Waals surface area (Å²) in [7, 11) is -3.79. The molecule has 1 aromatic carbocycles. The molecule has 0 aliphatic carbocycles. The minimum Gasteiger partial charge on any atom is -0.388 e. The molecule has 0 atom stereocenters. The molecule has 1 aromatic rings. The van der Waals surface area contributed by atoms with E-state index in [2.05, 4.69) is 20.9 Å². The van der Waals surface area contributed by atoms with Crippen molar-refractivity contribution in [1.82, 2.24) is 15.5 Å². The van der Waals surface area contributed by atoms with Crippen LogP contribution < -0.4 is 21.1 Å². The topological polar surface area (TPSA) is 140 Å². The average molecular weight is 378 g/mol. The van der Waals surface area contributed by atoms with Crippen molar-refractivity contribution in [2.45, 2.75) is 4.90 Å². The van der Waals surface area contributed by atoms with Crippen molar-refractivity contribution in [2.75, 3.05) is 44.6 Å². The van der Waals surface area contributed by atoms with Crippen molar-refractivity contribution in [3.05, 3.63) is 36.0 Å². The third kappa shape index (κ3) is 6.12. The molecule has 10 heteroatoms. The number of nitrogens with one attached hydrogen (secondary N) is 3. The van der Waals surface area contributed by atoms with Crippen LogP contribution in [0.4, 0.5) is 5.69 Å². The molecule has 1 aliphatic heterocycles. The summed E-state index contributed by atoms with van der Waals surface area (Å²) in [5, 5.41) is 22.9. The largest absolute Gasteiger partial charge is 0.388 e. The third-order valence-corrected chi connectivity index (χ3v) is 4.76. The Bertz CT molecular complexity index is 792. The van der Waals surface area contributed by atoms with Crippen LogP contribution in [-0.2, 0) is 14.8 Å². The van der Waals surface area contributed by atoms with Crippen LogP contribution in [0.25, 0.3) is 0 Å². The van der Waals surface area contributed by atoms with Gasteiger partial charge in [-0.1, -0.05) is 0 Å². The summed E-state index contributed by atoms with van der Waals surface area (Å²) in [5.74, 6) is -0.578. The summed E-state index contributed by atoms with van der Waals surface area (Å²) in [6.45, 7) is 5.34. The first kappa shape index (κ1) is 19.9. The molecule has 1 amide bonds. The number of anilines is 1. The second-order valence-corrected chi connectivity index (χ2v) is 7.30. The fourth-order valence-electron chi connectivity index (χ4n) is 2.41. The number of nitriles is 1. The van der Waals surface area contributed by atoms with E-state index in [1.54, 1.807) is 0 Å². The molecular formula is C16H22N6O3S. The van der Waals surface area contributed by atoms with Gasteiger partial charge in [-0.15, -0.1) is 0 Å². The fourth-order valence-corrected chi connectivity index (χ4v) is 2.92. The van der Waals surface area contributed by atoms with Crippen LogP contribution in [0.3, 0.4) is 0 Å². The quantitative estimate of drug-likeness (QED) is 0.276. The molecule has 0 spiro atoms. The van der Waals surface area contributed by atoms with E-state index < -0.39 is 15.9 Å². The Labute approximate surface area is 152 Å². The predicted octanol–water partition coefficient (Wildman–Crippen LogP) is -0.825. The summed E-state index contributed by atoms with van der Waals surface area (Å²) >= 11 is 0. The number of benzene rings is 1. The average Bonchev–Trinajstić information content (AvgIpc) is 2.62. The molecule has 0 saturated carbocycles. The summed E-state index contributed by atoms with van der Waals surface area (Å²) in [4.78, 5) is 14.4. The number of rotatable bonds is 7. The summed E-state index contributed by atoms with van der Waals surface area (Å²) in [6, 6.07) is 7.23. The minimum absolute atomic E-state index is 0.0545. The second kappa shape index (κ2) is 9.30. The first-order chi connectivity index (χ1) is 12.4. The number of primary sulfonamides is 1. The Hall–Kier alpha value is -2.45. The monoisotopic (exact) mass is 378 g/mol. The molecule has 5 N–H and O–H groups in total. The van der Waals surface area contributed by atoms with E-state index in [-0.39, 0.29) is 10.5 Å². The number of nitrogens with two attached hydrogens (primary N) is 1. The van der Waals surface area contributed by atoms with E-state index in [9.17, 15) is 13.2 Å². The van der Waals surface area contributed by atoms with Gasteiger partial charge in [0.05, 0.1) is 4.90 Å². The van der Waals surface area contributed by atoms with Crippen LogP contribution in [0.2, 0.25) is 0 Å². The Balaban J connectivity index is 1.86. The second-order valence-electron chi connectivity index (χ2n) is 5.74. The zero-order chi connectivity index (χ0) is 19.0. The highest BCUT2D eigenvalue weighted by Crippen LogP contribution is 2.13. The van der Waals surface area contributed by atoms with E-state index in [1.807, 2.05) is 6.07 Å². The first-order valence-corrected chi connectivity index (χ1v) is 9.66. The van der Waals surface area contributed by atoms with Crippen LogP contribution in [0, 0.1) is 11.3 Å². The highest BCUT2D eigenvalue weighted by molar-refractivity contribution is 7.89. The number of amides is 1. The summed E-state index contributed by atoms with van der Waals surface area (Å²) in [6.07, 6.45) is 1.39. The molecule has 0 radical (unpaired) electrons. The third-order valence-electron chi connectivity index (χ3n) is 3.83. The maximum absolute atomic E-state index is 12.1. The van der Waals surface area contributed by atoms with E-state index in [0.29, 0.717) is 12.2 Å². The molecule has 9 nitrogen and oxygen atoms in total. The number of hydrogen-bond donors (Lipinski definition) is 4. The standard InChI is InChI=1S/C16H22N6O3S/c17-11-13(12-20-7-10-22-8-5-19-6-9-22)16(23)21-14-1-3-15(4-2-14)26(18,24)25/h1-4,12,19-20H,5-10H2,(H,21,23)(H2,18,24,25)/b13-12-. The predicted molar refractivity (Wildman–Crippen MR) is 97.5 cm³/mol.